The molecular formula is C15H12N6O4. The summed E-state index contributed by atoms with van der Waals surface area (Å²) in [6.45, 7) is 0. The number of hydrogen-bond acceptors (Lipinski definition) is 8. The van der Waals surface area contributed by atoms with E-state index in [0.717, 1.165) is 0 Å². The number of aromatic carboxylic acids is 1. The number of aromatic nitrogens is 2. The highest BCUT2D eigenvalue weighted by Crippen LogP contribution is 2.22. The summed E-state index contributed by atoms with van der Waals surface area (Å²) in [6.07, 6.45) is 1.33. The van der Waals surface area contributed by atoms with Gasteiger partial charge >= 0.3 is 5.97 Å². The van der Waals surface area contributed by atoms with Gasteiger partial charge in [-0.2, -0.15) is 5.10 Å². The summed E-state index contributed by atoms with van der Waals surface area (Å²) in [7, 11) is 0. The molecule has 5 N–H and O–H groups in total. The third-order valence-electron chi connectivity index (χ3n) is 3.13. The number of furan rings is 1. The molecule has 2 aromatic heterocycles. The number of anilines is 1. The Bertz CT molecular complexity index is 972. The lowest BCUT2D eigenvalue weighted by atomic mass is 10.1. The van der Waals surface area contributed by atoms with Crippen LogP contribution in [0.1, 0.15) is 21.8 Å². The third kappa shape index (κ3) is 3.52. The molecule has 25 heavy (non-hydrogen) atoms. The van der Waals surface area contributed by atoms with Crippen molar-refractivity contribution in [1.29, 1.82) is 0 Å². The topological polar surface area (TPSA) is 166 Å². The quantitative estimate of drug-likeness (QED) is 0.355. The lowest BCUT2D eigenvalue weighted by molar-refractivity contribution is 0.0697. The van der Waals surface area contributed by atoms with Crippen LogP contribution in [0.15, 0.2) is 55.6 Å². The summed E-state index contributed by atoms with van der Waals surface area (Å²) < 4.78 is 9.99. The predicted octanol–water partition coefficient (Wildman–Crippen LogP) is 1.35. The number of hydrogen-bond donors (Lipinski definition) is 3. The summed E-state index contributed by atoms with van der Waals surface area (Å²) in [5.74, 6) is -0.169. The molecule has 0 atom stereocenters. The van der Waals surface area contributed by atoms with Gasteiger partial charge in [0.05, 0.1) is 11.8 Å². The smallest absolute Gasteiger partial charge is 0.335 e. The molecule has 3 aromatic rings. The van der Waals surface area contributed by atoms with Crippen molar-refractivity contribution < 1.29 is 18.9 Å². The fourth-order valence-corrected chi connectivity index (χ4v) is 1.95. The average Bonchev–Trinajstić information content (AvgIpc) is 3.24. The second kappa shape index (κ2) is 6.66. The van der Waals surface area contributed by atoms with Crippen molar-refractivity contribution in [2.45, 2.75) is 0 Å². The first-order valence-corrected chi connectivity index (χ1v) is 6.93. The average molecular weight is 340 g/mol. The van der Waals surface area contributed by atoms with Crippen molar-refractivity contribution in [2.75, 3.05) is 5.73 Å². The zero-order chi connectivity index (χ0) is 17.8. The van der Waals surface area contributed by atoms with Gasteiger partial charge in [0.25, 0.3) is 0 Å². The Morgan fingerprint density at radius 1 is 1.24 bits per heavy atom. The number of benzene rings is 1. The van der Waals surface area contributed by atoms with Crippen molar-refractivity contribution in [2.24, 2.45) is 15.9 Å². The minimum absolute atomic E-state index is 0.00930. The highest BCUT2D eigenvalue weighted by Gasteiger charge is 2.10. The van der Waals surface area contributed by atoms with Gasteiger partial charge in [-0.1, -0.05) is 12.1 Å². The lowest BCUT2D eigenvalue weighted by Crippen LogP contribution is -2.15. The van der Waals surface area contributed by atoms with Crippen molar-refractivity contribution in [3.8, 4) is 11.3 Å². The Kier molecular flexibility index (Phi) is 4.24. The summed E-state index contributed by atoms with van der Waals surface area (Å²) in [5, 5.41) is 23.4. The van der Waals surface area contributed by atoms with Gasteiger partial charge < -0.3 is 21.0 Å². The van der Waals surface area contributed by atoms with Crippen LogP contribution < -0.4 is 11.5 Å². The highest BCUT2D eigenvalue weighted by molar-refractivity contribution is 5.99. The zero-order valence-electron chi connectivity index (χ0n) is 12.7. The first kappa shape index (κ1) is 15.9. The van der Waals surface area contributed by atoms with Crippen LogP contribution in [0.25, 0.3) is 11.3 Å². The zero-order valence-corrected chi connectivity index (χ0v) is 12.7. The van der Waals surface area contributed by atoms with Crippen LogP contribution in [0.2, 0.25) is 0 Å². The van der Waals surface area contributed by atoms with E-state index in [1.165, 1.54) is 18.3 Å². The van der Waals surface area contributed by atoms with Gasteiger partial charge in [0, 0.05) is 5.56 Å². The number of carboxylic acid groups (broad SMARTS) is 1. The van der Waals surface area contributed by atoms with Crippen molar-refractivity contribution in [3.63, 3.8) is 0 Å². The fourth-order valence-electron chi connectivity index (χ4n) is 1.95. The largest absolute Gasteiger partial charge is 0.478 e. The number of rotatable bonds is 5. The number of amidine groups is 1. The van der Waals surface area contributed by atoms with Gasteiger partial charge in [-0.25, -0.2) is 9.42 Å². The van der Waals surface area contributed by atoms with Gasteiger partial charge in [-0.3, -0.25) is 0 Å². The van der Waals surface area contributed by atoms with Gasteiger partial charge in [0.15, 0.2) is 17.3 Å². The second-order valence-corrected chi connectivity index (χ2v) is 4.82. The van der Waals surface area contributed by atoms with Gasteiger partial charge in [0.2, 0.25) is 0 Å². The van der Waals surface area contributed by atoms with Crippen LogP contribution in [0.3, 0.4) is 0 Å². The molecule has 0 aliphatic heterocycles. The van der Waals surface area contributed by atoms with E-state index >= 15 is 0 Å². The molecule has 0 unspecified atom stereocenters. The Morgan fingerprint density at radius 2 is 2.08 bits per heavy atom. The van der Waals surface area contributed by atoms with E-state index in [4.69, 9.17) is 21.0 Å². The molecule has 0 amide bonds. The Balaban J connectivity index is 1.77. The van der Waals surface area contributed by atoms with Crippen LogP contribution in [-0.2, 0) is 0 Å². The standard InChI is InChI=1S/C15H12N6O4/c16-13(12-14(17)21-25-20-12)19-18-7-10-4-5-11(24-10)8-2-1-3-9(6-8)15(22)23/h1-7H,(H2,16,19)(H2,17,21)(H,22,23). The van der Waals surface area contributed by atoms with Crippen LogP contribution in [-0.4, -0.2) is 33.4 Å². The molecule has 0 spiro atoms. The summed E-state index contributed by atoms with van der Waals surface area (Å²) >= 11 is 0. The number of carboxylic acids is 1. The SMILES string of the molecule is N/C(=N\N=Cc1ccc(-c2cccc(C(=O)O)c2)o1)c1nonc1N. The molecule has 10 nitrogen and oxygen atoms in total. The van der Waals surface area contributed by atoms with Gasteiger partial charge in [-0.15, -0.1) is 5.10 Å². The van der Waals surface area contributed by atoms with E-state index in [1.54, 1.807) is 24.3 Å². The normalized spacial score (nSPS) is 11.9. The van der Waals surface area contributed by atoms with Crippen LogP contribution in [0.5, 0.6) is 0 Å². The molecule has 0 aliphatic carbocycles. The molecule has 0 radical (unpaired) electrons. The molecule has 3 rings (SSSR count). The molecule has 0 aliphatic rings. The van der Waals surface area contributed by atoms with Crippen LogP contribution >= 0.6 is 0 Å². The number of carbonyl (C=O) groups is 1. The molecule has 0 fully saturated rings. The van der Waals surface area contributed by atoms with E-state index in [9.17, 15) is 4.79 Å². The van der Waals surface area contributed by atoms with Crippen molar-refractivity contribution >= 4 is 23.8 Å². The molecule has 1 aromatic carbocycles. The molecule has 0 saturated heterocycles. The van der Waals surface area contributed by atoms with E-state index < -0.39 is 5.97 Å². The molecule has 2 heterocycles. The Hall–Kier alpha value is -3.95. The molecule has 126 valence electrons. The summed E-state index contributed by atoms with van der Waals surface area (Å²) in [4.78, 5) is 11.0. The van der Waals surface area contributed by atoms with Crippen molar-refractivity contribution in [3.05, 3.63) is 53.4 Å². The second-order valence-electron chi connectivity index (χ2n) is 4.82. The lowest BCUT2D eigenvalue weighted by Gasteiger charge is -1.98. The number of nitrogens with two attached hydrogens (primary N) is 2. The maximum absolute atomic E-state index is 11.0. The highest BCUT2D eigenvalue weighted by atomic mass is 16.6. The van der Waals surface area contributed by atoms with E-state index in [2.05, 4.69) is 25.1 Å². The minimum Gasteiger partial charge on any atom is -0.478 e. The first-order chi connectivity index (χ1) is 12.0. The van der Waals surface area contributed by atoms with Crippen LogP contribution in [0.4, 0.5) is 5.82 Å². The summed E-state index contributed by atoms with van der Waals surface area (Å²) in [5.41, 5.74) is 12.0. The number of nitrogens with zero attached hydrogens (tertiary/aromatic N) is 4. The summed E-state index contributed by atoms with van der Waals surface area (Å²) in [6, 6.07) is 9.73. The molecular weight excluding hydrogens is 328 g/mol. The molecule has 0 bridgehead atoms. The van der Waals surface area contributed by atoms with E-state index in [-0.39, 0.29) is 22.9 Å². The third-order valence-corrected chi connectivity index (χ3v) is 3.13. The van der Waals surface area contributed by atoms with E-state index in [0.29, 0.717) is 17.1 Å². The van der Waals surface area contributed by atoms with E-state index in [1.807, 2.05) is 0 Å². The molecule has 0 saturated carbocycles. The predicted molar refractivity (Wildman–Crippen MR) is 88.1 cm³/mol. The van der Waals surface area contributed by atoms with Gasteiger partial charge in [-0.05, 0) is 34.6 Å². The van der Waals surface area contributed by atoms with Crippen molar-refractivity contribution in [1.82, 2.24) is 10.3 Å². The Labute approximate surface area is 140 Å². The minimum atomic E-state index is -1.01. The fraction of sp³-hybridized carbons (Fsp3) is 0. The molecule has 10 heteroatoms. The maximum atomic E-state index is 11.0. The first-order valence-electron chi connectivity index (χ1n) is 6.93. The monoisotopic (exact) mass is 340 g/mol. The van der Waals surface area contributed by atoms with Gasteiger partial charge in [0.1, 0.15) is 11.5 Å². The maximum Gasteiger partial charge on any atom is 0.335 e. The van der Waals surface area contributed by atoms with Crippen LogP contribution in [0, 0.1) is 0 Å². The Morgan fingerprint density at radius 3 is 2.80 bits per heavy atom. The number of nitrogen functional groups attached to an aromatic ring is 1.